The lowest BCUT2D eigenvalue weighted by atomic mass is 9.92. The molecule has 3 nitrogen and oxygen atoms in total. The van der Waals surface area contributed by atoms with E-state index in [1.54, 1.807) is 0 Å². The Bertz CT molecular complexity index is 566. The molecule has 1 heterocycles. The van der Waals surface area contributed by atoms with Gasteiger partial charge >= 0.3 is 5.97 Å². The van der Waals surface area contributed by atoms with Gasteiger partial charge in [0.2, 0.25) is 5.69 Å². The van der Waals surface area contributed by atoms with Gasteiger partial charge in [-0.05, 0) is 6.42 Å². The van der Waals surface area contributed by atoms with Gasteiger partial charge in [-0.3, -0.25) is 4.79 Å². The molecule has 1 atom stereocenters. The van der Waals surface area contributed by atoms with Crippen LogP contribution in [0.2, 0.25) is 0 Å². The highest BCUT2D eigenvalue weighted by molar-refractivity contribution is 5.77. The van der Waals surface area contributed by atoms with Crippen LogP contribution in [-0.2, 0) is 4.79 Å². The second kappa shape index (κ2) is 6.85. The average Bonchev–Trinajstić information content (AvgIpc) is 2.49. The van der Waals surface area contributed by atoms with Gasteiger partial charge in [0.25, 0.3) is 0 Å². The fourth-order valence-electron chi connectivity index (χ4n) is 2.40. The molecule has 0 aliphatic carbocycles. The van der Waals surface area contributed by atoms with Crippen molar-refractivity contribution in [2.24, 2.45) is 0 Å². The van der Waals surface area contributed by atoms with Crippen molar-refractivity contribution in [1.29, 1.82) is 0 Å². The van der Waals surface area contributed by atoms with Crippen LogP contribution in [0, 0.1) is 0 Å². The predicted molar refractivity (Wildman–Crippen MR) is 77.9 cm³/mol. The lowest BCUT2D eigenvalue weighted by Gasteiger charge is -2.13. The summed E-state index contributed by atoms with van der Waals surface area (Å²) in [6.45, 7) is 2.08. The Hall–Kier alpha value is -2.16. The highest BCUT2D eigenvalue weighted by Gasteiger charge is 2.25. The molecule has 0 fully saturated rings. The van der Waals surface area contributed by atoms with Crippen molar-refractivity contribution in [1.82, 2.24) is 0 Å². The van der Waals surface area contributed by atoms with Crippen molar-refractivity contribution in [2.45, 2.75) is 32.1 Å². The Labute approximate surface area is 119 Å². The van der Waals surface area contributed by atoms with Crippen LogP contribution in [0.5, 0.6) is 0 Å². The van der Waals surface area contributed by atoms with Gasteiger partial charge in [0.1, 0.15) is 0 Å². The SMILES string of the molecule is CCCCC(C(=O)O)c1ccccc1-[n+]1ccccc1. The molecule has 0 spiro atoms. The van der Waals surface area contributed by atoms with Gasteiger partial charge in [-0.2, -0.15) is 4.57 Å². The van der Waals surface area contributed by atoms with E-state index in [4.69, 9.17) is 0 Å². The second-order valence-corrected chi connectivity index (χ2v) is 4.87. The highest BCUT2D eigenvalue weighted by atomic mass is 16.4. The Morgan fingerprint density at radius 2 is 1.85 bits per heavy atom. The van der Waals surface area contributed by atoms with E-state index in [9.17, 15) is 9.90 Å². The normalized spacial score (nSPS) is 12.1. The molecule has 0 aliphatic rings. The summed E-state index contributed by atoms with van der Waals surface area (Å²) in [5, 5.41) is 9.52. The van der Waals surface area contributed by atoms with Gasteiger partial charge < -0.3 is 5.11 Å². The van der Waals surface area contributed by atoms with Crippen LogP contribution in [0.15, 0.2) is 54.9 Å². The number of para-hydroxylation sites is 1. The first-order valence-electron chi connectivity index (χ1n) is 7.02. The lowest BCUT2D eigenvalue weighted by molar-refractivity contribution is -0.596. The molecule has 2 aromatic rings. The fraction of sp³-hybridized carbons (Fsp3) is 0.294. The number of nitrogens with zero attached hydrogens (tertiary/aromatic N) is 1. The summed E-state index contributed by atoms with van der Waals surface area (Å²) in [6, 6.07) is 13.6. The summed E-state index contributed by atoms with van der Waals surface area (Å²) in [6.07, 6.45) is 6.49. The first kappa shape index (κ1) is 14.3. The van der Waals surface area contributed by atoms with Crippen LogP contribution >= 0.6 is 0 Å². The largest absolute Gasteiger partial charge is 0.481 e. The van der Waals surface area contributed by atoms with Crippen LogP contribution < -0.4 is 4.57 Å². The summed E-state index contributed by atoms with van der Waals surface area (Å²) >= 11 is 0. The summed E-state index contributed by atoms with van der Waals surface area (Å²) < 4.78 is 1.97. The minimum absolute atomic E-state index is 0.446. The number of unbranched alkanes of at least 4 members (excludes halogenated alkanes) is 1. The molecule has 0 saturated heterocycles. The van der Waals surface area contributed by atoms with Crippen LogP contribution in [0.25, 0.3) is 5.69 Å². The number of pyridine rings is 1. The van der Waals surface area contributed by atoms with Crippen molar-refractivity contribution >= 4 is 5.97 Å². The molecule has 0 bridgehead atoms. The van der Waals surface area contributed by atoms with Crippen LogP contribution in [0.4, 0.5) is 0 Å². The summed E-state index contributed by atoms with van der Waals surface area (Å²) in [5.74, 6) is -1.19. The minimum atomic E-state index is -0.748. The van der Waals surface area contributed by atoms with Gasteiger partial charge in [0, 0.05) is 23.8 Å². The number of carboxylic acids is 1. The molecule has 1 aromatic heterocycles. The summed E-state index contributed by atoms with van der Waals surface area (Å²) in [5.41, 5.74) is 1.82. The summed E-state index contributed by atoms with van der Waals surface area (Å²) in [7, 11) is 0. The van der Waals surface area contributed by atoms with E-state index in [2.05, 4.69) is 6.92 Å². The van der Waals surface area contributed by atoms with E-state index in [0.717, 1.165) is 24.1 Å². The molecular formula is C17H20NO2+. The Morgan fingerprint density at radius 3 is 2.50 bits per heavy atom. The molecule has 1 unspecified atom stereocenters. The maximum absolute atomic E-state index is 11.6. The average molecular weight is 270 g/mol. The van der Waals surface area contributed by atoms with Gasteiger partial charge in [0.05, 0.1) is 5.92 Å². The smallest absolute Gasteiger partial charge is 0.311 e. The Morgan fingerprint density at radius 1 is 1.15 bits per heavy atom. The van der Waals surface area contributed by atoms with Crippen molar-refractivity contribution in [3.05, 3.63) is 60.4 Å². The molecule has 104 valence electrons. The maximum Gasteiger partial charge on any atom is 0.311 e. The molecule has 2 rings (SSSR count). The minimum Gasteiger partial charge on any atom is -0.481 e. The molecule has 0 saturated carbocycles. The number of benzene rings is 1. The van der Waals surface area contributed by atoms with Crippen LogP contribution in [0.3, 0.4) is 0 Å². The van der Waals surface area contributed by atoms with Crippen molar-refractivity contribution in [3.8, 4) is 5.69 Å². The number of carboxylic acid groups (broad SMARTS) is 1. The molecule has 1 N–H and O–H groups in total. The number of hydrogen-bond donors (Lipinski definition) is 1. The van der Waals surface area contributed by atoms with E-state index in [-0.39, 0.29) is 0 Å². The Kier molecular flexibility index (Phi) is 4.88. The molecule has 0 radical (unpaired) electrons. The quantitative estimate of drug-likeness (QED) is 0.818. The number of aromatic nitrogens is 1. The van der Waals surface area contributed by atoms with E-state index >= 15 is 0 Å². The molecule has 20 heavy (non-hydrogen) atoms. The Balaban J connectivity index is 2.42. The first-order chi connectivity index (χ1) is 9.74. The van der Waals surface area contributed by atoms with Gasteiger partial charge in [-0.1, -0.05) is 44.0 Å². The van der Waals surface area contributed by atoms with E-state index in [1.807, 2.05) is 59.4 Å². The molecule has 3 heteroatoms. The third kappa shape index (κ3) is 3.23. The van der Waals surface area contributed by atoms with E-state index in [1.165, 1.54) is 0 Å². The van der Waals surface area contributed by atoms with Crippen LogP contribution in [0.1, 0.15) is 37.7 Å². The van der Waals surface area contributed by atoms with Gasteiger partial charge in [0.15, 0.2) is 12.4 Å². The van der Waals surface area contributed by atoms with E-state index in [0.29, 0.717) is 6.42 Å². The van der Waals surface area contributed by atoms with Crippen molar-refractivity contribution in [3.63, 3.8) is 0 Å². The third-order valence-corrected chi connectivity index (χ3v) is 3.45. The monoisotopic (exact) mass is 270 g/mol. The topological polar surface area (TPSA) is 41.2 Å². The second-order valence-electron chi connectivity index (χ2n) is 4.87. The molecule has 0 amide bonds. The number of hydrogen-bond acceptors (Lipinski definition) is 1. The third-order valence-electron chi connectivity index (χ3n) is 3.45. The fourth-order valence-corrected chi connectivity index (χ4v) is 2.40. The highest BCUT2D eigenvalue weighted by Crippen LogP contribution is 2.25. The molecule has 1 aromatic carbocycles. The van der Waals surface area contributed by atoms with Gasteiger partial charge in [-0.15, -0.1) is 0 Å². The zero-order valence-electron chi connectivity index (χ0n) is 11.7. The summed E-state index contributed by atoms with van der Waals surface area (Å²) in [4.78, 5) is 11.6. The van der Waals surface area contributed by atoms with E-state index < -0.39 is 11.9 Å². The van der Waals surface area contributed by atoms with Crippen LogP contribution in [-0.4, -0.2) is 11.1 Å². The lowest BCUT2D eigenvalue weighted by Crippen LogP contribution is -2.32. The number of aliphatic carboxylic acids is 1. The molecular weight excluding hydrogens is 250 g/mol. The van der Waals surface area contributed by atoms with Gasteiger partial charge in [-0.25, -0.2) is 0 Å². The number of carbonyl (C=O) groups is 1. The van der Waals surface area contributed by atoms with Crippen molar-refractivity contribution < 1.29 is 14.5 Å². The van der Waals surface area contributed by atoms with Crippen molar-refractivity contribution in [2.75, 3.05) is 0 Å². The first-order valence-corrected chi connectivity index (χ1v) is 7.02. The maximum atomic E-state index is 11.6. The number of rotatable bonds is 6. The molecule has 0 aliphatic heterocycles. The standard InChI is InChI=1S/C17H19NO2/c1-2-3-9-15(17(19)20)14-10-5-6-11-16(14)18-12-7-4-8-13-18/h4-8,10-13,15H,2-3,9H2,1H3/p+1. The zero-order chi connectivity index (χ0) is 14.4. The predicted octanol–water partition coefficient (Wildman–Crippen LogP) is 3.32. The zero-order valence-corrected chi connectivity index (χ0v) is 11.7.